The Morgan fingerprint density at radius 1 is 1.10 bits per heavy atom. The van der Waals surface area contributed by atoms with E-state index in [4.69, 9.17) is 15.9 Å². The van der Waals surface area contributed by atoms with Gasteiger partial charge in [0.1, 0.15) is 11.8 Å². The molecule has 1 atom stereocenters. The summed E-state index contributed by atoms with van der Waals surface area (Å²) >= 11 is 0. The maximum Gasteiger partial charge on any atom is 0.320 e. The molecule has 2 aromatic carbocycles. The van der Waals surface area contributed by atoms with Crippen LogP contribution in [0.3, 0.4) is 0 Å². The second-order valence-electron chi connectivity index (χ2n) is 4.47. The fraction of sp³-hybridized carbons (Fsp3) is 0.188. The van der Waals surface area contributed by atoms with Crippen molar-refractivity contribution < 1.29 is 15.0 Å². The molecule has 0 saturated carbocycles. The number of hydrogen-bond acceptors (Lipinski definition) is 3. The zero-order valence-corrected chi connectivity index (χ0v) is 11.4. The van der Waals surface area contributed by atoms with E-state index in [2.05, 4.69) is 19.1 Å². The lowest BCUT2D eigenvalue weighted by Gasteiger charge is -2.05. The Balaban J connectivity index is 0.000000240. The molecule has 1 unspecified atom stereocenters. The molecule has 0 fully saturated rings. The number of rotatable bonds is 3. The van der Waals surface area contributed by atoms with Gasteiger partial charge in [-0.05, 0) is 31.0 Å². The van der Waals surface area contributed by atoms with Crippen LogP contribution in [0.1, 0.15) is 11.1 Å². The summed E-state index contributed by atoms with van der Waals surface area (Å²) in [7, 11) is 0. The van der Waals surface area contributed by atoms with Crippen molar-refractivity contribution in [2.45, 2.75) is 19.4 Å². The van der Waals surface area contributed by atoms with Crippen molar-refractivity contribution in [2.24, 2.45) is 5.73 Å². The average molecular weight is 273 g/mol. The molecule has 0 amide bonds. The molecule has 2 rings (SSSR count). The van der Waals surface area contributed by atoms with Crippen LogP contribution >= 0.6 is 0 Å². The number of aliphatic carboxylic acids is 1. The van der Waals surface area contributed by atoms with Gasteiger partial charge in [0.2, 0.25) is 0 Å². The molecule has 0 aliphatic carbocycles. The minimum atomic E-state index is -1.02. The highest BCUT2D eigenvalue weighted by molar-refractivity contribution is 5.73. The summed E-state index contributed by atoms with van der Waals surface area (Å²) in [6.07, 6.45) is 0.273. The molecule has 0 spiro atoms. The lowest BCUT2D eigenvalue weighted by molar-refractivity contribution is -0.138. The number of nitrogens with two attached hydrogens (primary N) is 1. The first-order chi connectivity index (χ1) is 9.49. The van der Waals surface area contributed by atoms with Gasteiger partial charge in [-0.2, -0.15) is 0 Å². The van der Waals surface area contributed by atoms with Crippen LogP contribution in [-0.2, 0) is 11.2 Å². The molecule has 106 valence electrons. The third-order valence-electron chi connectivity index (χ3n) is 2.65. The van der Waals surface area contributed by atoms with E-state index in [1.807, 2.05) is 18.2 Å². The maximum absolute atomic E-state index is 10.4. The maximum atomic E-state index is 10.4. The van der Waals surface area contributed by atoms with Crippen LogP contribution in [0, 0.1) is 6.92 Å². The predicted octanol–water partition coefficient (Wildman–Crippen LogP) is 2.34. The summed E-state index contributed by atoms with van der Waals surface area (Å²) in [6.45, 7) is 2.08. The standard InChI is InChI=1S/C9H11NO3.C7H8/c10-8(9(12)13)5-6-1-3-7(11)4-2-6;1-7-5-3-2-4-6-7/h1-4,8,11H,5,10H2,(H,12,13);2-6H,1H3. The Kier molecular flexibility index (Phi) is 6.26. The Hall–Kier alpha value is -2.33. The molecule has 0 saturated heterocycles. The minimum absolute atomic E-state index is 0.160. The van der Waals surface area contributed by atoms with Crippen LogP contribution < -0.4 is 5.73 Å². The van der Waals surface area contributed by atoms with Crippen molar-refractivity contribution in [3.05, 3.63) is 65.7 Å². The predicted molar refractivity (Wildman–Crippen MR) is 78.6 cm³/mol. The minimum Gasteiger partial charge on any atom is -0.508 e. The number of carboxylic acids is 1. The van der Waals surface area contributed by atoms with E-state index in [1.54, 1.807) is 12.1 Å². The Bertz CT molecular complexity index is 523. The first kappa shape index (κ1) is 15.7. The zero-order chi connectivity index (χ0) is 15.0. The van der Waals surface area contributed by atoms with Gasteiger partial charge in [-0.1, -0.05) is 48.0 Å². The van der Waals surface area contributed by atoms with Crippen molar-refractivity contribution in [3.8, 4) is 5.75 Å². The van der Waals surface area contributed by atoms with Crippen LogP contribution in [-0.4, -0.2) is 22.2 Å². The zero-order valence-electron chi connectivity index (χ0n) is 11.4. The van der Waals surface area contributed by atoms with E-state index >= 15 is 0 Å². The molecule has 0 bridgehead atoms. The third kappa shape index (κ3) is 6.02. The Morgan fingerprint density at radius 3 is 2.05 bits per heavy atom. The van der Waals surface area contributed by atoms with Crippen LogP contribution in [0.15, 0.2) is 54.6 Å². The van der Waals surface area contributed by atoms with E-state index in [9.17, 15) is 4.79 Å². The van der Waals surface area contributed by atoms with Crippen LogP contribution in [0.4, 0.5) is 0 Å². The fourth-order valence-electron chi connectivity index (χ4n) is 1.51. The lowest BCUT2D eigenvalue weighted by atomic mass is 10.1. The Morgan fingerprint density at radius 2 is 1.65 bits per heavy atom. The largest absolute Gasteiger partial charge is 0.508 e. The monoisotopic (exact) mass is 273 g/mol. The van der Waals surface area contributed by atoms with Gasteiger partial charge in [0.15, 0.2) is 0 Å². The summed E-state index contributed by atoms with van der Waals surface area (Å²) < 4.78 is 0. The number of phenols is 1. The van der Waals surface area contributed by atoms with Crippen LogP contribution in [0.5, 0.6) is 5.75 Å². The number of carbonyl (C=O) groups is 1. The molecular formula is C16H19NO3. The number of hydrogen-bond donors (Lipinski definition) is 3. The van der Waals surface area contributed by atoms with Crippen LogP contribution in [0.2, 0.25) is 0 Å². The van der Waals surface area contributed by atoms with E-state index in [0.29, 0.717) is 0 Å². The highest BCUT2D eigenvalue weighted by Gasteiger charge is 2.11. The van der Waals surface area contributed by atoms with Gasteiger partial charge in [-0.15, -0.1) is 0 Å². The highest BCUT2D eigenvalue weighted by Crippen LogP contribution is 2.10. The molecule has 4 heteroatoms. The van der Waals surface area contributed by atoms with Crippen molar-refractivity contribution in [3.63, 3.8) is 0 Å². The first-order valence-electron chi connectivity index (χ1n) is 6.27. The topological polar surface area (TPSA) is 83.5 Å². The van der Waals surface area contributed by atoms with Crippen molar-refractivity contribution >= 4 is 5.97 Å². The van der Waals surface area contributed by atoms with Gasteiger partial charge in [0.05, 0.1) is 0 Å². The van der Waals surface area contributed by atoms with E-state index in [0.717, 1.165) is 5.56 Å². The number of aryl methyl sites for hydroxylation is 1. The van der Waals surface area contributed by atoms with Gasteiger partial charge >= 0.3 is 5.97 Å². The second-order valence-corrected chi connectivity index (χ2v) is 4.47. The first-order valence-corrected chi connectivity index (χ1v) is 6.27. The molecule has 0 aromatic heterocycles. The molecule has 0 aliphatic rings. The summed E-state index contributed by atoms with van der Waals surface area (Å²) in [5, 5.41) is 17.5. The molecule has 20 heavy (non-hydrogen) atoms. The molecule has 2 aromatic rings. The molecular weight excluding hydrogens is 254 g/mol. The fourth-order valence-corrected chi connectivity index (χ4v) is 1.51. The quantitative estimate of drug-likeness (QED) is 0.801. The third-order valence-corrected chi connectivity index (χ3v) is 2.65. The van der Waals surface area contributed by atoms with Gasteiger partial charge in [0, 0.05) is 0 Å². The summed E-state index contributed by atoms with van der Waals surface area (Å²) in [4.78, 5) is 10.4. The summed E-state index contributed by atoms with van der Waals surface area (Å²) in [6, 6.07) is 15.7. The average Bonchev–Trinajstić information content (AvgIpc) is 2.43. The number of carboxylic acid groups (broad SMARTS) is 1. The summed E-state index contributed by atoms with van der Waals surface area (Å²) in [5.74, 6) is -0.860. The molecule has 0 aliphatic heterocycles. The van der Waals surface area contributed by atoms with Crippen molar-refractivity contribution in [2.75, 3.05) is 0 Å². The normalized spacial score (nSPS) is 11.1. The van der Waals surface area contributed by atoms with Crippen molar-refractivity contribution in [1.82, 2.24) is 0 Å². The SMILES string of the molecule is Cc1ccccc1.NC(Cc1ccc(O)cc1)C(=O)O. The second kappa shape index (κ2) is 7.96. The Labute approximate surface area is 118 Å². The highest BCUT2D eigenvalue weighted by atomic mass is 16.4. The van der Waals surface area contributed by atoms with Gasteiger partial charge in [-0.3, -0.25) is 4.79 Å². The number of aromatic hydroxyl groups is 1. The molecule has 4 N–H and O–H groups in total. The van der Waals surface area contributed by atoms with Crippen molar-refractivity contribution in [1.29, 1.82) is 0 Å². The molecule has 4 nitrogen and oxygen atoms in total. The number of benzene rings is 2. The molecule has 0 heterocycles. The smallest absolute Gasteiger partial charge is 0.320 e. The van der Waals surface area contributed by atoms with E-state index in [-0.39, 0.29) is 12.2 Å². The van der Waals surface area contributed by atoms with Gasteiger partial charge in [-0.25, -0.2) is 0 Å². The van der Waals surface area contributed by atoms with Crippen LogP contribution in [0.25, 0.3) is 0 Å². The summed E-state index contributed by atoms with van der Waals surface area (Å²) in [5.41, 5.74) is 7.45. The van der Waals surface area contributed by atoms with E-state index in [1.165, 1.54) is 17.7 Å². The molecule has 0 radical (unpaired) electrons. The lowest BCUT2D eigenvalue weighted by Crippen LogP contribution is -2.32. The van der Waals surface area contributed by atoms with Gasteiger partial charge in [0.25, 0.3) is 0 Å². The van der Waals surface area contributed by atoms with E-state index < -0.39 is 12.0 Å². The number of phenolic OH excluding ortho intramolecular Hbond substituents is 1. The van der Waals surface area contributed by atoms with Gasteiger partial charge < -0.3 is 15.9 Å².